The molecule has 0 spiro atoms. The fourth-order valence-corrected chi connectivity index (χ4v) is 12.6. The summed E-state index contributed by atoms with van der Waals surface area (Å²) in [6.07, 6.45) is 10.7. The highest BCUT2D eigenvalue weighted by atomic mass is 16.3. The molecule has 8 aliphatic rings. The molecule has 0 heterocycles. The highest BCUT2D eigenvalue weighted by Gasteiger charge is 2.65. The molecule has 14 unspecified atom stereocenters. The Balaban J connectivity index is 0.000000113. The van der Waals surface area contributed by atoms with Gasteiger partial charge in [0.1, 0.15) is 0 Å². The van der Waals surface area contributed by atoms with Crippen molar-refractivity contribution in [2.45, 2.75) is 51.4 Å². The summed E-state index contributed by atoms with van der Waals surface area (Å²) in [6, 6.07) is 0. The minimum atomic E-state index is 0.408. The molecule has 4 heteroatoms. The molecule has 8 saturated carbocycles. The van der Waals surface area contributed by atoms with Gasteiger partial charge in [0.05, 0.1) is 0 Å². The third-order valence-corrected chi connectivity index (χ3v) is 13.1. The second kappa shape index (κ2) is 7.67. The van der Waals surface area contributed by atoms with E-state index in [-0.39, 0.29) is 0 Å². The first-order chi connectivity index (χ1) is 15.7. The van der Waals surface area contributed by atoms with Gasteiger partial charge in [-0.1, -0.05) is 0 Å². The van der Waals surface area contributed by atoms with Crippen LogP contribution in [0, 0.1) is 94.7 Å². The molecule has 8 fully saturated rings. The molecule has 0 aromatic rings. The van der Waals surface area contributed by atoms with Gasteiger partial charge in [-0.25, -0.2) is 0 Å². The lowest BCUT2D eigenvalue weighted by Gasteiger charge is -2.40. The van der Waals surface area contributed by atoms with Crippen LogP contribution in [0.1, 0.15) is 51.4 Å². The topological polar surface area (TPSA) is 80.9 Å². The zero-order chi connectivity index (χ0) is 21.7. The van der Waals surface area contributed by atoms with Gasteiger partial charge in [-0.2, -0.15) is 0 Å². The molecule has 4 nitrogen and oxygen atoms in total. The smallest absolute Gasteiger partial charge is 0.0462 e. The average molecular weight is 445 g/mol. The molecule has 4 N–H and O–H groups in total. The summed E-state index contributed by atoms with van der Waals surface area (Å²) >= 11 is 0. The zero-order valence-corrected chi connectivity index (χ0v) is 19.5. The number of aliphatic hydroxyl groups excluding tert-OH is 4. The lowest BCUT2D eigenvalue weighted by molar-refractivity contribution is 0.0327. The maximum Gasteiger partial charge on any atom is 0.0462 e. The number of hydrogen-bond donors (Lipinski definition) is 4. The van der Waals surface area contributed by atoms with Gasteiger partial charge in [0.15, 0.2) is 0 Å². The van der Waals surface area contributed by atoms with Crippen molar-refractivity contribution in [3.8, 4) is 0 Å². The van der Waals surface area contributed by atoms with Crippen molar-refractivity contribution in [2.24, 2.45) is 94.7 Å². The second-order valence-corrected chi connectivity index (χ2v) is 13.7. The normalized spacial score (nSPS) is 61.9. The fraction of sp³-hybridized carbons (Fsp3) is 1.00. The third-order valence-electron chi connectivity index (χ3n) is 13.1. The summed E-state index contributed by atoms with van der Waals surface area (Å²) in [4.78, 5) is 0. The largest absolute Gasteiger partial charge is 0.396 e. The first kappa shape index (κ1) is 21.1. The van der Waals surface area contributed by atoms with Gasteiger partial charge in [0, 0.05) is 26.4 Å². The number of rotatable bonds is 4. The lowest BCUT2D eigenvalue weighted by Crippen LogP contribution is -2.37. The van der Waals surface area contributed by atoms with Crippen LogP contribution >= 0.6 is 0 Å². The van der Waals surface area contributed by atoms with E-state index >= 15 is 0 Å². The fourth-order valence-electron chi connectivity index (χ4n) is 12.6. The Morgan fingerprint density at radius 1 is 0.344 bits per heavy atom. The van der Waals surface area contributed by atoms with E-state index in [4.69, 9.17) is 0 Å². The lowest BCUT2D eigenvalue weighted by atomic mass is 9.65. The second-order valence-electron chi connectivity index (χ2n) is 13.7. The SMILES string of the molecule is OCC1CC2CC1C1C3CC(CC3CO)C21.OCC1CC2CC1C1C3CC(CO)C(C3)C21. The minimum absolute atomic E-state index is 0.408. The van der Waals surface area contributed by atoms with Gasteiger partial charge in [-0.15, -0.1) is 0 Å². The van der Waals surface area contributed by atoms with Crippen molar-refractivity contribution in [2.75, 3.05) is 26.4 Å². The summed E-state index contributed by atoms with van der Waals surface area (Å²) in [7, 11) is 0. The Morgan fingerprint density at radius 3 is 0.938 bits per heavy atom. The Labute approximate surface area is 193 Å². The van der Waals surface area contributed by atoms with Crippen LogP contribution in [-0.4, -0.2) is 46.9 Å². The van der Waals surface area contributed by atoms with E-state index in [1.54, 1.807) is 0 Å². The van der Waals surface area contributed by atoms with Crippen LogP contribution in [-0.2, 0) is 0 Å². The van der Waals surface area contributed by atoms with Gasteiger partial charge in [-0.3, -0.25) is 0 Å². The van der Waals surface area contributed by atoms with Gasteiger partial charge in [0.25, 0.3) is 0 Å². The van der Waals surface area contributed by atoms with Crippen LogP contribution in [0.25, 0.3) is 0 Å². The highest BCUT2D eigenvalue weighted by molar-refractivity contribution is 5.13. The number of hydrogen-bond acceptors (Lipinski definition) is 4. The highest BCUT2D eigenvalue weighted by Crippen LogP contribution is 2.71. The molecule has 32 heavy (non-hydrogen) atoms. The summed E-state index contributed by atoms with van der Waals surface area (Å²) in [5.41, 5.74) is 0. The van der Waals surface area contributed by atoms with E-state index in [0.29, 0.717) is 50.1 Å². The van der Waals surface area contributed by atoms with E-state index in [1.165, 1.54) is 51.4 Å². The standard InChI is InChI=1S/2C14H22O2/c15-5-9-1-7-3-11(9)14-8-2-10(6-16)12(4-8)13(7)14;15-5-9-1-7-3-11(9)14-12-4-8(13(7)14)2-10(12)6-16/h2*7-16H,1-6H2. The Hall–Kier alpha value is -0.160. The van der Waals surface area contributed by atoms with Crippen LogP contribution < -0.4 is 0 Å². The zero-order valence-electron chi connectivity index (χ0n) is 19.5. The molecule has 0 amide bonds. The van der Waals surface area contributed by atoms with Crippen LogP contribution in [0.15, 0.2) is 0 Å². The van der Waals surface area contributed by atoms with E-state index in [0.717, 1.165) is 71.0 Å². The van der Waals surface area contributed by atoms with Crippen LogP contribution in [0.3, 0.4) is 0 Å². The van der Waals surface area contributed by atoms with Crippen molar-refractivity contribution < 1.29 is 20.4 Å². The van der Waals surface area contributed by atoms with Gasteiger partial charge >= 0.3 is 0 Å². The van der Waals surface area contributed by atoms with Crippen LogP contribution in [0.4, 0.5) is 0 Å². The quantitative estimate of drug-likeness (QED) is 0.503. The van der Waals surface area contributed by atoms with E-state index in [1.807, 2.05) is 0 Å². The van der Waals surface area contributed by atoms with E-state index in [9.17, 15) is 20.4 Å². The Kier molecular flexibility index (Phi) is 5.07. The molecule has 180 valence electrons. The van der Waals surface area contributed by atoms with E-state index < -0.39 is 0 Å². The molecule has 0 saturated heterocycles. The Morgan fingerprint density at radius 2 is 0.625 bits per heavy atom. The summed E-state index contributed by atoms with van der Waals surface area (Å²) < 4.78 is 0. The molecule has 8 rings (SSSR count). The van der Waals surface area contributed by atoms with Crippen molar-refractivity contribution in [1.82, 2.24) is 0 Å². The maximum absolute atomic E-state index is 9.45. The minimum Gasteiger partial charge on any atom is -0.396 e. The predicted octanol–water partition coefficient (Wildman–Crippen LogP) is 3.03. The van der Waals surface area contributed by atoms with Crippen molar-refractivity contribution >= 4 is 0 Å². The summed E-state index contributed by atoms with van der Waals surface area (Å²) in [6.45, 7) is 1.66. The van der Waals surface area contributed by atoms with E-state index in [2.05, 4.69) is 0 Å². The van der Waals surface area contributed by atoms with Gasteiger partial charge in [-0.05, 0) is 146 Å². The number of fused-ring (bicyclic) bond motifs is 18. The first-order valence-electron chi connectivity index (χ1n) is 14.1. The molecule has 0 radical (unpaired) electrons. The van der Waals surface area contributed by atoms with Crippen LogP contribution in [0.5, 0.6) is 0 Å². The molecular formula is C28H44O4. The summed E-state index contributed by atoms with van der Waals surface area (Å²) in [5, 5.41) is 37.8. The van der Waals surface area contributed by atoms with Gasteiger partial charge in [0.2, 0.25) is 0 Å². The van der Waals surface area contributed by atoms with Crippen molar-refractivity contribution in [3.63, 3.8) is 0 Å². The van der Waals surface area contributed by atoms with Gasteiger partial charge < -0.3 is 20.4 Å². The van der Waals surface area contributed by atoms with Crippen molar-refractivity contribution in [3.05, 3.63) is 0 Å². The molecule has 0 aromatic heterocycles. The van der Waals surface area contributed by atoms with Crippen LogP contribution in [0.2, 0.25) is 0 Å². The molecule has 8 aliphatic carbocycles. The number of aliphatic hydroxyl groups is 4. The third kappa shape index (κ3) is 2.70. The predicted molar refractivity (Wildman–Crippen MR) is 121 cm³/mol. The summed E-state index contributed by atoms with van der Waals surface area (Å²) in [5.74, 6) is 13.2. The Bertz CT molecular complexity index is 668. The molecule has 8 bridgehead atoms. The molecular weight excluding hydrogens is 400 g/mol. The molecule has 0 aromatic carbocycles. The maximum atomic E-state index is 9.45. The monoisotopic (exact) mass is 444 g/mol. The molecule has 14 atom stereocenters. The first-order valence-corrected chi connectivity index (χ1v) is 14.1. The molecule has 0 aliphatic heterocycles. The average Bonchev–Trinajstić information content (AvgIpc) is 3.65. The van der Waals surface area contributed by atoms with Crippen molar-refractivity contribution in [1.29, 1.82) is 0 Å².